The molecule has 0 aromatic heterocycles. The van der Waals surface area contributed by atoms with Crippen molar-refractivity contribution < 1.29 is 13.2 Å². The molecule has 1 unspecified atom stereocenters. The molecule has 3 rings (SSSR count). The molecule has 0 radical (unpaired) electrons. The molecule has 0 saturated carbocycles. The van der Waals surface area contributed by atoms with Gasteiger partial charge in [0.15, 0.2) is 0 Å². The average Bonchev–Trinajstić information content (AvgIpc) is 3.06. The normalized spacial score (nSPS) is 14.9. The fraction of sp³-hybridized carbons (Fsp3) is 0.316. The quantitative estimate of drug-likeness (QED) is 0.893. The maximum atomic E-state index is 13.0. The zero-order chi connectivity index (χ0) is 18.0. The minimum Gasteiger partial charge on any atom is -0.350 e. The van der Waals surface area contributed by atoms with Crippen molar-refractivity contribution in [3.05, 3.63) is 59.7 Å². The number of hydrogen-bond acceptors (Lipinski definition) is 3. The van der Waals surface area contributed by atoms with Crippen molar-refractivity contribution in [1.82, 2.24) is 5.32 Å². The van der Waals surface area contributed by atoms with Gasteiger partial charge in [-0.25, -0.2) is 8.42 Å². The van der Waals surface area contributed by atoms with Gasteiger partial charge < -0.3 is 5.32 Å². The predicted molar refractivity (Wildman–Crippen MR) is 98.3 cm³/mol. The number of amides is 1. The second-order valence-electron chi connectivity index (χ2n) is 6.27. The summed E-state index contributed by atoms with van der Waals surface area (Å²) < 4.78 is 27.5. The molecule has 1 heterocycles. The number of carbonyl (C=O) groups excluding carboxylic acids is 1. The van der Waals surface area contributed by atoms with Gasteiger partial charge in [0.05, 0.1) is 10.6 Å². The van der Waals surface area contributed by atoms with Crippen LogP contribution in [0.15, 0.2) is 53.4 Å². The first kappa shape index (κ1) is 17.5. The topological polar surface area (TPSA) is 66.5 Å². The molecule has 1 amide bonds. The van der Waals surface area contributed by atoms with Crippen LogP contribution in [-0.4, -0.2) is 26.9 Å². The number of rotatable bonds is 5. The van der Waals surface area contributed by atoms with Crippen molar-refractivity contribution in [3.63, 3.8) is 0 Å². The zero-order valence-corrected chi connectivity index (χ0v) is 15.2. The Balaban J connectivity index is 1.92. The van der Waals surface area contributed by atoms with Crippen molar-refractivity contribution in [2.45, 2.75) is 37.6 Å². The van der Waals surface area contributed by atoms with Crippen LogP contribution < -0.4 is 9.62 Å². The fourth-order valence-corrected chi connectivity index (χ4v) is 4.44. The predicted octanol–water partition coefficient (Wildman–Crippen LogP) is 2.97. The third-order valence-corrected chi connectivity index (χ3v) is 6.33. The first-order chi connectivity index (χ1) is 11.9. The molecule has 1 aliphatic heterocycles. The first-order valence-electron chi connectivity index (χ1n) is 8.45. The van der Waals surface area contributed by atoms with Gasteiger partial charge in [0.1, 0.15) is 0 Å². The lowest BCUT2D eigenvalue weighted by Gasteiger charge is -2.20. The summed E-state index contributed by atoms with van der Waals surface area (Å²) in [5.74, 6) is -0.256. The van der Waals surface area contributed by atoms with Gasteiger partial charge in [0, 0.05) is 18.2 Å². The van der Waals surface area contributed by atoms with E-state index in [1.165, 1.54) is 16.4 Å². The Bertz CT molecular complexity index is 893. The van der Waals surface area contributed by atoms with Crippen LogP contribution in [0.3, 0.4) is 0 Å². The van der Waals surface area contributed by atoms with Gasteiger partial charge in [-0.2, -0.15) is 0 Å². The van der Waals surface area contributed by atoms with Gasteiger partial charge in [-0.1, -0.05) is 31.2 Å². The fourth-order valence-electron chi connectivity index (χ4n) is 2.89. The highest BCUT2D eigenvalue weighted by atomic mass is 32.2. The molecular weight excluding hydrogens is 336 g/mol. The van der Waals surface area contributed by atoms with Crippen LogP contribution in [0, 0.1) is 0 Å². The van der Waals surface area contributed by atoms with Crippen LogP contribution in [0.25, 0.3) is 0 Å². The number of hydrogen-bond donors (Lipinski definition) is 1. The smallest absolute Gasteiger partial charge is 0.264 e. The van der Waals surface area contributed by atoms with Crippen LogP contribution in [0.5, 0.6) is 0 Å². The van der Waals surface area contributed by atoms with Gasteiger partial charge in [0.2, 0.25) is 0 Å². The number of nitrogens with zero attached hydrogens (tertiary/aromatic N) is 1. The second kappa shape index (κ2) is 6.88. The minimum absolute atomic E-state index is 0.0400. The van der Waals surface area contributed by atoms with E-state index in [9.17, 15) is 13.2 Å². The SMILES string of the molecule is CCC(C)NC(=O)c1cccc(S(=O)(=O)N2CCc3ccccc32)c1. The molecule has 0 fully saturated rings. The molecular formula is C19H22N2O3S. The van der Waals surface area contributed by atoms with Gasteiger partial charge in [-0.15, -0.1) is 0 Å². The Morgan fingerprint density at radius 1 is 1.20 bits per heavy atom. The van der Waals surface area contributed by atoms with E-state index >= 15 is 0 Å². The Kier molecular flexibility index (Phi) is 4.81. The second-order valence-corrected chi connectivity index (χ2v) is 8.13. The highest BCUT2D eigenvalue weighted by molar-refractivity contribution is 7.92. The molecule has 6 heteroatoms. The van der Waals surface area contributed by atoms with E-state index in [0.29, 0.717) is 18.5 Å². The molecule has 1 aliphatic rings. The monoisotopic (exact) mass is 358 g/mol. The summed E-state index contributed by atoms with van der Waals surface area (Å²) in [4.78, 5) is 12.4. The first-order valence-corrected chi connectivity index (χ1v) is 9.89. The van der Waals surface area contributed by atoms with E-state index in [0.717, 1.165) is 17.7 Å². The molecule has 132 valence electrons. The molecule has 2 aromatic rings. The molecule has 1 atom stereocenters. The summed E-state index contributed by atoms with van der Waals surface area (Å²) >= 11 is 0. The minimum atomic E-state index is -3.69. The number of nitrogens with one attached hydrogen (secondary N) is 1. The van der Waals surface area contributed by atoms with Crippen LogP contribution in [0.1, 0.15) is 36.2 Å². The van der Waals surface area contributed by atoms with Crippen molar-refractivity contribution in [3.8, 4) is 0 Å². The lowest BCUT2D eigenvalue weighted by atomic mass is 10.2. The maximum absolute atomic E-state index is 13.0. The van der Waals surface area contributed by atoms with Gasteiger partial charge >= 0.3 is 0 Å². The highest BCUT2D eigenvalue weighted by Gasteiger charge is 2.30. The Hall–Kier alpha value is -2.34. The van der Waals surface area contributed by atoms with E-state index in [1.807, 2.05) is 38.1 Å². The zero-order valence-electron chi connectivity index (χ0n) is 14.4. The standard InChI is InChI=1S/C19H22N2O3S/c1-3-14(2)20-19(22)16-8-6-9-17(13-16)25(23,24)21-12-11-15-7-4-5-10-18(15)21/h4-10,13-14H,3,11-12H2,1-2H3,(H,20,22). The lowest BCUT2D eigenvalue weighted by Crippen LogP contribution is -2.32. The highest BCUT2D eigenvalue weighted by Crippen LogP contribution is 2.32. The van der Waals surface area contributed by atoms with Crippen LogP contribution >= 0.6 is 0 Å². The van der Waals surface area contributed by atoms with Crippen molar-refractivity contribution in [2.24, 2.45) is 0 Å². The van der Waals surface area contributed by atoms with Gasteiger partial charge in [-0.3, -0.25) is 9.10 Å². The van der Waals surface area contributed by atoms with E-state index in [4.69, 9.17) is 0 Å². The van der Waals surface area contributed by atoms with Crippen LogP contribution in [0.4, 0.5) is 5.69 Å². The Labute approximate surface area is 148 Å². The molecule has 0 bridgehead atoms. The molecule has 5 nitrogen and oxygen atoms in total. The molecule has 25 heavy (non-hydrogen) atoms. The Morgan fingerprint density at radius 2 is 1.96 bits per heavy atom. The van der Waals surface area contributed by atoms with Crippen molar-refractivity contribution >= 4 is 21.6 Å². The molecule has 0 spiro atoms. The number of fused-ring (bicyclic) bond motifs is 1. The summed E-state index contributed by atoms with van der Waals surface area (Å²) in [6, 6.07) is 13.8. The van der Waals surface area contributed by atoms with Crippen LogP contribution in [-0.2, 0) is 16.4 Å². The summed E-state index contributed by atoms with van der Waals surface area (Å²) in [6.45, 7) is 4.32. The van der Waals surface area contributed by atoms with E-state index in [-0.39, 0.29) is 16.8 Å². The molecule has 1 N–H and O–H groups in total. The van der Waals surface area contributed by atoms with Gasteiger partial charge in [0.25, 0.3) is 15.9 Å². The number of sulfonamides is 1. The molecule has 2 aromatic carbocycles. The number of carbonyl (C=O) groups is 1. The van der Waals surface area contributed by atoms with E-state index < -0.39 is 10.0 Å². The third-order valence-electron chi connectivity index (χ3n) is 4.52. The summed E-state index contributed by atoms with van der Waals surface area (Å²) in [7, 11) is -3.69. The van der Waals surface area contributed by atoms with Gasteiger partial charge in [-0.05, 0) is 49.6 Å². The summed E-state index contributed by atoms with van der Waals surface area (Å²) in [5, 5.41) is 2.86. The summed E-state index contributed by atoms with van der Waals surface area (Å²) in [6.07, 6.45) is 1.51. The maximum Gasteiger partial charge on any atom is 0.264 e. The Morgan fingerprint density at radius 3 is 2.72 bits per heavy atom. The molecule has 0 saturated heterocycles. The average molecular weight is 358 g/mol. The van der Waals surface area contributed by atoms with Crippen molar-refractivity contribution in [1.29, 1.82) is 0 Å². The van der Waals surface area contributed by atoms with E-state index in [1.54, 1.807) is 12.1 Å². The number of benzene rings is 2. The number of para-hydroxylation sites is 1. The van der Waals surface area contributed by atoms with Crippen molar-refractivity contribution in [2.75, 3.05) is 10.8 Å². The largest absolute Gasteiger partial charge is 0.350 e. The third kappa shape index (κ3) is 3.39. The lowest BCUT2D eigenvalue weighted by molar-refractivity contribution is 0.0939. The summed E-state index contributed by atoms with van der Waals surface area (Å²) in [5.41, 5.74) is 2.10. The van der Waals surface area contributed by atoms with E-state index in [2.05, 4.69) is 5.32 Å². The molecule has 0 aliphatic carbocycles. The van der Waals surface area contributed by atoms with Crippen LogP contribution in [0.2, 0.25) is 0 Å². The number of anilines is 1.